The molecule has 15 heavy (non-hydrogen) atoms. The number of oxime groups is 1. The zero-order valence-electron chi connectivity index (χ0n) is 8.66. The first-order valence-corrected chi connectivity index (χ1v) is 5.62. The third-order valence-corrected chi connectivity index (χ3v) is 4.14. The number of rotatable bonds is 1. The van der Waals surface area contributed by atoms with Crippen molar-refractivity contribution >= 4 is 11.7 Å². The second-order valence-corrected chi connectivity index (χ2v) is 5.35. The molecule has 0 aromatic carbocycles. The highest BCUT2D eigenvalue weighted by atomic mass is 16.7. The van der Waals surface area contributed by atoms with Gasteiger partial charge in [0.25, 0.3) is 0 Å². The molecule has 0 amide bonds. The smallest absolute Gasteiger partial charge is 0.353 e. The van der Waals surface area contributed by atoms with Crippen molar-refractivity contribution in [2.45, 2.75) is 50.5 Å². The molecule has 1 aliphatic heterocycles. The lowest BCUT2D eigenvalue weighted by Crippen LogP contribution is -2.51. The maximum Gasteiger partial charge on any atom is 0.353 e. The van der Waals surface area contributed by atoms with Gasteiger partial charge in [-0.1, -0.05) is 18.0 Å². The predicted octanol–water partition coefficient (Wildman–Crippen LogP) is 1.94. The van der Waals surface area contributed by atoms with Crippen molar-refractivity contribution in [3.05, 3.63) is 0 Å². The molecule has 3 rings (SSSR count). The molecule has 4 heteroatoms. The minimum atomic E-state index is -0.931. The average molecular weight is 209 g/mol. The van der Waals surface area contributed by atoms with Crippen LogP contribution < -0.4 is 0 Å². The van der Waals surface area contributed by atoms with E-state index in [1.165, 1.54) is 25.7 Å². The summed E-state index contributed by atoms with van der Waals surface area (Å²) < 4.78 is 0. The van der Waals surface area contributed by atoms with E-state index < -0.39 is 5.97 Å². The van der Waals surface area contributed by atoms with E-state index in [0.29, 0.717) is 11.8 Å². The van der Waals surface area contributed by atoms with Gasteiger partial charge in [0.2, 0.25) is 0 Å². The number of aliphatic carboxylic acids is 1. The van der Waals surface area contributed by atoms with Crippen molar-refractivity contribution in [2.75, 3.05) is 0 Å². The first-order valence-electron chi connectivity index (χ1n) is 5.62. The lowest BCUT2D eigenvalue weighted by atomic mass is 9.57. The molecule has 82 valence electrons. The van der Waals surface area contributed by atoms with Crippen LogP contribution in [0.3, 0.4) is 0 Å². The predicted molar refractivity (Wildman–Crippen MR) is 53.6 cm³/mol. The summed E-state index contributed by atoms with van der Waals surface area (Å²) in [5, 5.41) is 12.5. The van der Waals surface area contributed by atoms with E-state index in [2.05, 4.69) is 5.16 Å². The van der Waals surface area contributed by atoms with Crippen molar-refractivity contribution < 1.29 is 14.7 Å². The van der Waals surface area contributed by atoms with Gasteiger partial charge in [-0.3, -0.25) is 0 Å². The molecule has 2 saturated carbocycles. The van der Waals surface area contributed by atoms with Crippen LogP contribution in [-0.2, 0) is 9.63 Å². The Kier molecular flexibility index (Phi) is 1.68. The Balaban J connectivity index is 1.66. The van der Waals surface area contributed by atoms with Gasteiger partial charge in [-0.2, -0.15) is 0 Å². The summed E-state index contributed by atoms with van der Waals surface area (Å²) in [6.45, 7) is 0. The highest BCUT2D eigenvalue weighted by Crippen LogP contribution is 2.61. The van der Waals surface area contributed by atoms with Crippen LogP contribution >= 0.6 is 0 Å². The van der Waals surface area contributed by atoms with Gasteiger partial charge in [0, 0.05) is 6.42 Å². The van der Waals surface area contributed by atoms with E-state index in [4.69, 9.17) is 9.94 Å². The third-order valence-electron chi connectivity index (χ3n) is 4.14. The minimum Gasteiger partial charge on any atom is -0.477 e. The fraction of sp³-hybridized carbons (Fsp3) is 0.818. The molecule has 3 aliphatic rings. The van der Waals surface area contributed by atoms with Crippen LogP contribution in [-0.4, -0.2) is 22.4 Å². The average Bonchev–Trinajstić information content (AvgIpc) is 2.73. The molecule has 2 spiro atoms. The normalized spacial score (nSPS) is 30.0. The molecular weight excluding hydrogens is 194 g/mol. The Morgan fingerprint density at radius 3 is 2.53 bits per heavy atom. The van der Waals surface area contributed by atoms with Crippen LogP contribution in [0.2, 0.25) is 0 Å². The van der Waals surface area contributed by atoms with E-state index in [-0.39, 0.29) is 11.3 Å². The first kappa shape index (κ1) is 9.19. The summed E-state index contributed by atoms with van der Waals surface area (Å²) in [5.74, 6) is -0.931. The second-order valence-electron chi connectivity index (χ2n) is 5.35. The second kappa shape index (κ2) is 2.74. The van der Waals surface area contributed by atoms with E-state index in [1.54, 1.807) is 0 Å². The number of nitrogens with zero attached hydrogens (tertiary/aromatic N) is 1. The highest BCUT2D eigenvalue weighted by molar-refractivity contribution is 6.36. The third kappa shape index (κ3) is 1.27. The molecule has 0 radical (unpaired) electrons. The minimum absolute atomic E-state index is 0.197. The Bertz CT molecular complexity index is 334. The zero-order chi connectivity index (χ0) is 10.5. The van der Waals surface area contributed by atoms with Gasteiger partial charge in [-0.15, -0.1) is 0 Å². The maximum absolute atomic E-state index is 10.7. The quantitative estimate of drug-likeness (QED) is 0.718. The summed E-state index contributed by atoms with van der Waals surface area (Å²) in [7, 11) is 0. The first-order chi connectivity index (χ1) is 7.13. The molecule has 0 unspecified atom stereocenters. The molecule has 4 nitrogen and oxygen atoms in total. The van der Waals surface area contributed by atoms with Gasteiger partial charge in [0.05, 0.1) is 0 Å². The zero-order valence-corrected chi connectivity index (χ0v) is 8.66. The Morgan fingerprint density at radius 1 is 1.33 bits per heavy atom. The summed E-state index contributed by atoms with van der Waals surface area (Å²) >= 11 is 0. The van der Waals surface area contributed by atoms with E-state index >= 15 is 0 Å². The van der Waals surface area contributed by atoms with Crippen LogP contribution in [0.5, 0.6) is 0 Å². The summed E-state index contributed by atoms with van der Waals surface area (Å²) in [6, 6.07) is 0. The molecule has 0 bridgehead atoms. The number of carboxylic acid groups (broad SMARTS) is 1. The molecule has 0 aromatic rings. The number of carbonyl (C=O) groups is 1. The van der Waals surface area contributed by atoms with E-state index in [0.717, 1.165) is 12.8 Å². The Hall–Kier alpha value is -1.06. The van der Waals surface area contributed by atoms with Gasteiger partial charge < -0.3 is 9.94 Å². The van der Waals surface area contributed by atoms with Crippen LogP contribution in [0, 0.1) is 5.41 Å². The van der Waals surface area contributed by atoms with E-state index in [1.807, 2.05) is 0 Å². The Morgan fingerprint density at radius 2 is 2.00 bits per heavy atom. The molecule has 1 heterocycles. The molecule has 2 aliphatic carbocycles. The van der Waals surface area contributed by atoms with E-state index in [9.17, 15) is 4.79 Å². The fourth-order valence-corrected chi connectivity index (χ4v) is 3.62. The summed E-state index contributed by atoms with van der Waals surface area (Å²) in [4.78, 5) is 16.1. The van der Waals surface area contributed by atoms with Crippen molar-refractivity contribution in [1.82, 2.24) is 0 Å². The largest absolute Gasteiger partial charge is 0.477 e. The van der Waals surface area contributed by atoms with Crippen molar-refractivity contribution in [2.24, 2.45) is 10.6 Å². The van der Waals surface area contributed by atoms with Crippen molar-refractivity contribution in [3.63, 3.8) is 0 Å². The Labute approximate surface area is 88.3 Å². The molecule has 1 N–H and O–H groups in total. The van der Waals surface area contributed by atoms with Crippen molar-refractivity contribution in [1.29, 1.82) is 0 Å². The number of hydrogen-bond donors (Lipinski definition) is 1. The molecule has 0 atom stereocenters. The van der Waals surface area contributed by atoms with Gasteiger partial charge >= 0.3 is 5.97 Å². The summed E-state index contributed by atoms with van der Waals surface area (Å²) in [5.41, 5.74) is 0.435. The highest BCUT2D eigenvalue weighted by Gasteiger charge is 2.60. The van der Waals surface area contributed by atoms with Crippen LogP contribution in [0.1, 0.15) is 44.9 Å². The maximum atomic E-state index is 10.7. The lowest BCUT2D eigenvalue weighted by Gasteiger charge is -2.50. The van der Waals surface area contributed by atoms with Crippen LogP contribution in [0.15, 0.2) is 5.16 Å². The lowest BCUT2D eigenvalue weighted by molar-refractivity contribution is -0.150. The van der Waals surface area contributed by atoms with Gasteiger partial charge in [0.1, 0.15) is 5.60 Å². The van der Waals surface area contributed by atoms with Crippen molar-refractivity contribution in [3.8, 4) is 0 Å². The molecule has 0 saturated heterocycles. The molecule has 2 fully saturated rings. The standard InChI is InChI=1S/C11H15NO3/c13-9(14)8-5-11(15-12-8)6-10(7-11)3-1-2-4-10/h1-7H2,(H,13,14). The molecule has 0 aromatic heterocycles. The van der Waals surface area contributed by atoms with Crippen LogP contribution in [0.4, 0.5) is 0 Å². The van der Waals surface area contributed by atoms with Gasteiger partial charge in [-0.25, -0.2) is 4.79 Å². The molecular formula is C11H15NO3. The fourth-order valence-electron chi connectivity index (χ4n) is 3.62. The number of carboxylic acids is 1. The topological polar surface area (TPSA) is 58.9 Å². The SMILES string of the molecule is O=C(O)C1=NOC2(C1)CC1(CCCC1)C2. The summed E-state index contributed by atoms with van der Waals surface area (Å²) in [6.07, 6.45) is 7.76. The monoisotopic (exact) mass is 209 g/mol. The number of hydrogen-bond acceptors (Lipinski definition) is 3. The van der Waals surface area contributed by atoms with Gasteiger partial charge in [0.15, 0.2) is 5.71 Å². The van der Waals surface area contributed by atoms with Gasteiger partial charge in [-0.05, 0) is 31.1 Å². The van der Waals surface area contributed by atoms with Crippen LogP contribution in [0.25, 0.3) is 0 Å².